The van der Waals surface area contributed by atoms with Crippen molar-refractivity contribution in [3.8, 4) is 0 Å². The maximum absolute atomic E-state index is 5.39. The van der Waals surface area contributed by atoms with Crippen LogP contribution in [0.4, 0.5) is 0 Å². The number of hydrogen-bond donors (Lipinski definition) is 1. The van der Waals surface area contributed by atoms with Crippen LogP contribution in [0.15, 0.2) is 12.7 Å². The van der Waals surface area contributed by atoms with Gasteiger partial charge in [0, 0.05) is 12.6 Å². The van der Waals surface area contributed by atoms with Crippen LogP contribution in [0.2, 0.25) is 0 Å². The molecule has 2 nitrogen and oxygen atoms in total. The van der Waals surface area contributed by atoms with Crippen molar-refractivity contribution in [2.24, 2.45) is 5.92 Å². The Morgan fingerprint density at radius 3 is 3.08 bits per heavy atom. The topological polar surface area (TPSA) is 21.3 Å². The first-order valence-corrected chi connectivity index (χ1v) is 5.24. The predicted molar refractivity (Wildman–Crippen MR) is 55.8 cm³/mol. The van der Waals surface area contributed by atoms with E-state index in [0.29, 0.717) is 6.04 Å². The number of rotatable bonds is 6. The molecule has 0 saturated carbocycles. The first-order chi connectivity index (χ1) is 6.38. The molecular formula is C11H21NO. The molecule has 1 N–H and O–H groups in total. The summed E-state index contributed by atoms with van der Waals surface area (Å²) in [4.78, 5) is 0. The lowest BCUT2D eigenvalue weighted by atomic mass is 9.94. The van der Waals surface area contributed by atoms with Crippen LogP contribution < -0.4 is 5.32 Å². The Morgan fingerprint density at radius 1 is 1.69 bits per heavy atom. The van der Waals surface area contributed by atoms with Gasteiger partial charge in [-0.2, -0.15) is 0 Å². The maximum Gasteiger partial charge on any atom is 0.0509 e. The summed E-state index contributed by atoms with van der Waals surface area (Å²) in [6.45, 7) is 5.63. The molecule has 0 amide bonds. The quantitative estimate of drug-likeness (QED) is 0.502. The van der Waals surface area contributed by atoms with Gasteiger partial charge >= 0.3 is 0 Å². The van der Waals surface area contributed by atoms with Crippen molar-refractivity contribution in [3.05, 3.63) is 12.7 Å². The van der Waals surface area contributed by atoms with E-state index in [1.165, 1.54) is 19.3 Å². The lowest BCUT2D eigenvalue weighted by Crippen LogP contribution is -2.33. The average molecular weight is 183 g/mol. The fourth-order valence-corrected chi connectivity index (χ4v) is 1.97. The van der Waals surface area contributed by atoms with Crippen LogP contribution in [0.1, 0.15) is 25.7 Å². The van der Waals surface area contributed by atoms with E-state index >= 15 is 0 Å². The van der Waals surface area contributed by atoms with Crippen LogP contribution in [-0.4, -0.2) is 26.3 Å². The van der Waals surface area contributed by atoms with Gasteiger partial charge in [0.15, 0.2) is 0 Å². The molecule has 0 bridgehead atoms. The summed E-state index contributed by atoms with van der Waals surface area (Å²) in [6.07, 6.45) is 6.84. The highest BCUT2D eigenvalue weighted by molar-refractivity contribution is 4.79. The molecular weight excluding hydrogens is 162 g/mol. The van der Waals surface area contributed by atoms with E-state index in [1.54, 1.807) is 0 Å². The number of unbranched alkanes of at least 4 members (excludes halogenated alkanes) is 1. The summed E-state index contributed by atoms with van der Waals surface area (Å²) in [5, 5.41) is 3.39. The maximum atomic E-state index is 5.39. The Balaban J connectivity index is 2.20. The molecule has 1 fully saturated rings. The zero-order valence-electron chi connectivity index (χ0n) is 8.59. The molecule has 1 rings (SSSR count). The Hall–Kier alpha value is -0.340. The molecule has 76 valence electrons. The molecule has 0 aromatic heterocycles. The largest absolute Gasteiger partial charge is 0.381 e. The van der Waals surface area contributed by atoms with E-state index in [4.69, 9.17) is 4.74 Å². The van der Waals surface area contributed by atoms with Crippen LogP contribution >= 0.6 is 0 Å². The van der Waals surface area contributed by atoms with Gasteiger partial charge in [-0.3, -0.25) is 0 Å². The normalized spacial score (nSPS) is 24.5. The zero-order valence-corrected chi connectivity index (χ0v) is 8.59. The highest BCUT2D eigenvalue weighted by Gasteiger charge is 2.23. The van der Waals surface area contributed by atoms with Crippen LogP contribution in [0.3, 0.4) is 0 Å². The monoisotopic (exact) mass is 183 g/mol. The molecule has 0 aromatic rings. The van der Waals surface area contributed by atoms with E-state index in [9.17, 15) is 0 Å². The molecule has 0 radical (unpaired) electrons. The summed E-state index contributed by atoms with van der Waals surface area (Å²) < 4.78 is 5.39. The fraction of sp³-hybridized carbons (Fsp3) is 0.818. The second kappa shape index (κ2) is 6.17. The van der Waals surface area contributed by atoms with Gasteiger partial charge in [0.1, 0.15) is 0 Å². The molecule has 1 aliphatic heterocycles. The van der Waals surface area contributed by atoms with Crippen molar-refractivity contribution in [1.82, 2.24) is 5.32 Å². The molecule has 2 atom stereocenters. The molecule has 2 unspecified atom stereocenters. The Kier molecular flexibility index (Phi) is 5.09. The zero-order chi connectivity index (χ0) is 9.52. The first-order valence-electron chi connectivity index (χ1n) is 5.24. The molecule has 2 heteroatoms. The standard InChI is InChI=1S/C11H21NO/c1-3-4-5-6-11(12-2)10-7-8-13-9-10/h3,10-12H,1,4-9H2,2H3. The highest BCUT2D eigenvalue weighted by atomic mass is 16.5. The van der Waals surface area contributed by atoms with Crippen molar-refractivity contribution in [1.29, 1.82) is 0 Å². The van der Waals surface area contributed by atoms with Gasteiger partial charge in [-0.15, -0.1) is 6.58 Å². The number of nitrogens with one attached hydrogen (secondary N) is 1. The highest BCUT2D eigenvalue weighted by Crippen LogP contribution is 2.20. The third-order valence-corrected chi connectivity index (χ3v) is 2.83. The Morgan fingerprint density at radius 2 is 2.54 bits per heavy atom. The van der Waals surface area contributed by atoms with Crippen molar-refractivity contribution in [3.63, 3.8) is 0 Å². The summed E-state index contributed by atoms with van der Waals surface area (Å²) in [5.74, 6) is 0.731. The van der Waals surface area contributed by atoms with E-state index in [1.807, 2.05) is 6.08 Å². The minimum atomic E-state index is 0.641. The lowest BCUT2D eigenvalue weighted by molar-refractivity contribution is 0.176. The minimum absolute atomic E-state index is 0.641. The average Bonchev–Trinajstić information content (AvgIpc) is 2.65. The molecule has 1 aliphatic rings. The van der Waals surface area contributed by atoms with Crippen LogP contribution in [0, 0.1) is 5.92 Å². The Labute approximate surface area is 81.4 Å². The van der Waals surface area contributed by atoms with Crippen molar-refractivity contribution in [2.75, 3.05) is 20.3 Å². The van der Waals surface area contributed by atoms with Crippen molar-refractivity contribution < 1.29 is 4.74 Å². The number of allylic oxidation sites excluding steroid dienone is 1. The molecule has 0 spiro atoms. The fourth-order valence-electron chi connectivity index (χ4n) is 1.97. The number of ether oxygens (including phenoxy) is 1. The van der Waals surface area contributed by atoms with E-state index in [0.717, 1.165) is 25.6 Å². The van der Waals surface area contributed by atoms with Gasteiger partial charge in [0.2, 0.25) is 0 Å². The van der Waals surface area contributed by atoms with Gasteiger partial charge in [-0.25, -0.2) is 0 Å². The van der Waals surface area contributed by atoms with Gasteiger partial charge in [-0.05, 0) is 38.6 Å². The third kappa shape index (κ3) is 3.49. The van der Waals surface area contributed by atoms with E-state index < -0.39 is 0 Å². The molecule has 1 heterocycles. The second-order valence-electron chi connectivity index (χ2n) is 3.74. The predicted octanol–water partition coefficient (Wildman–Crippen LogP) is 1.97. The summed E-state index contributed by atoms with van der Waals surface area (Å²) in [7, 11) is 2.05. The smallest absolute Gasteiger partial charge is 0.0509 e. The summed E-state index contributed by atoms with van der Waals surface area (Å²) >= 11 is 0. The van der Waals surface area contributed by atoms with Crippen LogP contribution in [0.25, 0.3) is 0 Å². The first kappa shape index (κ1) is 10.7. The van der Waals surface area contributed by atoms with Gasteiger partial charge < -0.3 is 10.1 Å². The minimum Gasteiger partial charge on any atom is -0.381 e. The lowest BCUT2D eigenvalue weighted by Gasteiger charge is -2.21. The Bertz CT molecular complexity index is 141. The third-order valence-electron chi connectivity index (χ3n) is 2.83. The number of hydrogen-bond acceptors (Lipinski definition) is 2. The van der Waals surface area contributed by atoms with Gasteiger partial charge in [0.05, 0.1) is 6.61 Å². The molecule has 0 aromatic carbocycles. The van der Waals surface area contributed by atoms with E-state index in [-0.39, 0.29) is 0 Å². The second-order valence-corrected chi connectivity index (χ2v) is 3.74. The van der Waals surface area contributed by atoms with Crippen LogP contribution in [-0.2, 0) is 4.74 Å². The van der Waals surface area contributed by atoms with Crippen LogP contribution in [0.5, 0.6) is 0 Å². The summed E-state index contributed by atoms with van der Waals surface area (Å²) in [5.41, 5.74) is 0. The van der Waals surface area contributed by atoms with E-state index in [2.05, 4.69) is 18.9 Å². The van der Waals surface area contributed by atoms with Crippen molar-refractivity contribution in [2.45, 2.75) is 31.7 Å². The SMILES string of the molecule is C=CCCCC(NC)C1CCOC1. The molecule has 1 saturated heterocycles. The molecule has 13 heavy (non-hydrogen) atoms. The van der Waals surface area contributed by atoms with Gasteiger partial charge in [-0.1, -0.05) is 6.08 Å². The summed E-state index contributed by atoms with van der Waals surface area (Å²) in [6, 6.07) is 0.641. The van der Waals surface area contributed by atoms with Gasteiger partial charge in [0.25, 0.3) is 0 Å². The molecule has 0 aliphatic carbocycles. The van der Waals surface area contributed by atoms with Crippen molar-refractivity contribution >= 4 is 0 Å².